The Morgan fingerprint density at radius 3 is 2.71 bits per heavy atom. The summed E-state index contributed by atoms with van der Waals surface area (Å²) in [6, 6.07) is 13.1. The quantitative estimate of drug-likeness (QED) is 0.852. The van der Waals surface area contributed by atoms with E-state index in [0.717, 1.165) is 18.6 Å². The first-order valence-corrected chi connectivity index (χ1v) is 6.03. The molecule has 0 aliphatic carbocycles. The highest BCUT2D eigenvalue weighted by atomic mass is 16.3. The molecular weight excluding hydrogens is 210 g/mol. The van der Waals surface area contributed by atoms with Gasteiger partial charge in [0.2, 0.25) is 0 Å². The summed E-state index contributed by atoms with van der Waals surface area (Å²) in [5.74, 6) is 1.04. The van der Waals surface area contributed by atoms with Crippen molar-refractivity contribution in [3.8, 4) is 0 Å². The topological polar surface area (TPSA) is 25.2 Å². The average Bonchev–Trinajstić information content (AvgIpc) is 2.81. The van der Waals surface area contributed by atoms with E-state index in [9.17, 15) is 0 Å². The van der Waals surface area contributed by atoms with Gasteiger partial charge < -0.3 is 9.73 Å². The van der Waals surface area contributed by atoms with Crippen LogP contribution in [0.2, 0.25) is 0 Å². The summed E-state index contributed by atoms with van der Waals surface area (Å²) >= 11 is 0. The highest BCUT2D eigenvalue weighted by Crippen LogP contribution is 2.11. The predicted octanol–water partition coefficient (Wildman–Crippen LogP) is 2.96. The fourth-order valence-corrected chi connectivity index (χ4v) is 2.07. The fraction of sp³-hybridized carbons (Fsp3) is 0.333. The molecule has 0 saturated heterocycles. The molecule has 1 N–H and O–H groups in total. The van der Waals surface area contributed by atoms with Gasteiger partial charge in [-0.25, -0.2) is 0 Å². The van der Waals surface area contributed by atoms with Crippen LogP contribution in [0.3, 0.4) is 0 Å². The SMILES string of the molecule is CNC(Cc1cccc(C)c1)Cc1ccco1. The smallest absolute Gasteiger partial charge is 0.105 e. The van der Waals surface area contributed by atoms with Gasteiger partial charge in [0.25, 0.3) is 0 Å². The number of furan rings is 1. The van der Waals surface area contributed by atoms with Crippen molar-refractivity contribution < 1.29 is 4.42 Å². The Labute approximate surface area is 103 Å². The zero-order chi connectivity index (χ0) is 12.1. The first kappa shape index (κ1) is 11.9. The molecule has 17 heavy (non-hydrogen) atoms. The first-order valence-electron chi connectivity index (χ1n) is 6.03. The molecule has 0 aliphatic heterocycles. The van der Waals surface area contributed by atoms with Crippen LogP contribution in [0.25, 0.3) is 0 Å². The molecule has 1 unspecified atom stereocenters. The third-order valence-corrected chi connectivity index (χ3v) is 3.00. The van der Waals surface area contributed by atoms with Crippen LogP contribution in [0.1, 0.15) is 16.9 Å². The Kier molecular flexibility index (Phi) is 3.99. The predicted molar refractivity (Wildman–Crippen MR) is 70.1 cm³/mol. The van der Waals surface area contributed by atoms with Crippen LogP contribution >= 0.6 is 0 Å². The summed E-state index contributed by atoms with van der Waals surface area (Å²) in [5.41, 5.74) is 2.69. The fourth-order valence-electron chi connectivity index (χ4n) is 2.07. The lowest BCUT2D eigenvalue weighted by molar-refractivity contribution is 0.456. The molecule has 0 bridgehead atoms. The number of likely N-dealkylation sites (N-methyl/N-ethyl adjacent to an activating group) is 1. The molecular formula is C15H19NO. The van der Waals surface area contributed by atoms with Crippen LogP contribution in [0, 0.1) is 6.92 Å². The number of rotatable bonds is 5. The average molecular weight is 229 g/mol. The molecule has 1 aromatic carbocycles. The molecule has 1 atom stereocenters. The normalized spacial score (nSPS) is 12.6. The summed E-state index contributed by atoms with van der Waals surface area (Å²) in [6.45, 7) is 2.13. The van der Waals surface area contributed by atoms with E-state index in [1.54, 1.807) is 6.26 Å². The largest absolute Gasteiger partial charge is 0.469 e. The lowest BCUT2D eigenvalue weighted by Crippen LogP contribution is -2.29. The standard InChI is InChI=1S/C15H19NO/c1-12-5-3-6-13(9-12)10-14(16-2)11-15-7-4-8-17-15/h3-9,14,16H,10-11H2,1-2H3. The molecule has 1 heterocycles. The van der Waals surface area contributed by atoms with E-state index in [2.05, 4.69) is 36.5 Å². The zero-order valence-corrected chi connectivity index (χ0v) is 10.4. The van der Waals surface area contributed by atoms with Crippen LogP contribution in [0.5, 0.6) is 0 Å². The maximum absolute atomic E-state index is 5.39. The maximum atomic E-state index is 5.39. The van der Waals surface area contributed by atoms with Gasteiger partial charge in [-0.05, 0) is 38.1 Å². The molecule has 2 aromatic rings. The van der Waals surface area contributed by atoms with E-state index in [1.807, 2.05) is 19.2 Å². The van der Waals surface area contributed by atoms with Crippen molar-refractivity contribution in [3.63, 3.8) is 0 Å². The lowest BCUT2D eigenvalue weighted by Gasteiger charge is -2.15. The van der Waals surface area contributed by atoms with E-state index in [4.69, 9.17) is 4.42 Å². The summed E-state index contributed by atoms with van der Waals surface area (Å²) in [5, 5.41) is 3.35. The minimum atomic E-state index is 0.419. The van der Waals surface area contributed by atoms with Crippen LogP contribution in [-0.2, 0) is 12.8 Å². The van der Waals surface area contributed by atoms with E-state index >= 15 is 0 Å². The first-order chi connectivity index (χ1) is 8.28. The number of hydrogen-bond acceptors (Lipinski definition) is 2. The Balaban J connectivity index is 2.00. The van der Waals surface area contributed by atoms with E-state index in [1.165, 1.54) is 11.1 Å². The number of nitrogens with one attached hydrogen (secondary N) is 1. The van der Waals surface area contributed by atoms with Crippen molar-refractivity contribution >= 4 is 0 Å². The van der Waals surface area contributed by atoms with Gasteiger partial charge in [-0.2, -0.15) is 0 Å². The van der Waals surface area contributed by atoms with Crippen LogP contribution in [0.4, 0.5) is 0 Å². The number of aryl methyl sites for hydroxylation is 1. The summed E-state index contributed by atoms with van der Waals surface area (Å²) in [6.07, 6.45) is 3.69. The van der Waals surface area contributed by atoms with Gasteiger partial charge in [-0.1, -0.05) is 29.8 Å². The van der Waals surface area contributed by atoms with Gasteiger partial charge >= 0.3 is 0 Å². The monoisotopic (exact) mass is 229 g/mol. The molecule has 0 amide bonds. The summed E-state index contributed by atoms with van der Waals surface area (Å²) < 4.78 is 5.39. The highest BCUT2D eigenvalue weighted by molar-refractivity contribution is 5.23. The Hall–Kier alpha value is -1.54. The van der Waals surface area contributed by atoms with Gasteiger partial charge in [-0.15, -0.1) is 0 Å². The van der Waals surface area contributed by atoms with E-state index in [-0.39, 0.29) is 0 Å². The number of hydrogen-bond donors (Lipinski definition) is 1. The Morgan fingerprint density at radius 1 is 1.18 bits per heavy atom. The summed E-state index contributed by atoms with van der Waals surface area (Å²) in [7, 11) is 2.00. The van der Waals surface area contributed by atoms with Gasteiger partial charge in [0.1, 0.15) is 5.76 Å². The van der Waals surface area contributed by atoms with Crippen molar-refractivity contribution in [1.29, 1.82) is 0 Å². The maximum Gasteiger partial charge on any atom is 0.105 e. The van der Waals surface area contributed by atoms with Crippen LogP contribution < -0.4 is 5.32 Å². The second-order valence-corrected chi connectivity index (χ2v) is 4.46. The molecule has 2 nitrogen and oxygen atoms in total. The molecule has 0 fully saturated rings. The zero-order valence-electron chi connectivity index (χ0n) is 10.4. The molecule has 0 spiro atoms. The third-order valence-electron chi connectivity index (χ3n) is 3.00. The van der Waals surface area contributed by atoms with E-state index in [0.29, 0.717) is 6.04 Å². The second kappa shape index (κ2) is 5.69. The minimum absolute atomic E-state index is 0.419. The lowest BCUT2D eigenvalue weighted by atomic mass is 10.0. The second-order valence-electron chi connectivity index (χ2n) is 4.46. The van der Waals surface area contributed by atoms with Crippen molar-refractivity contribution in [2.75, 3.05) is 7.05 Å². The van der Waals surface area contributed by atoms with Gasteiger partial charge in [0, 0.05) is 12.5 Å². The molecule has 0 radical (unpaired) electrons. The molecule has 0 saturated carbocycles. The third kappa shape index (κ3) is 3.46. The van der Waals surface area contributed by atoms with E-state index < -0.39 is 0 Å². The minimum Gasteiger partial charge on any atom is -0.469 e. The van der Waals surface area contributed by atoms with Crippen molar-refractivity contribution in [3.05, 3.63) is 59.5 Å². The van der Waals surface area contributed by atoms with Gasteiger partial charge in [0.15, 0.2) is 0 Å². The molecule has 2 heteroatoms. The highest BCUT2D eigenvalue weighted by Gasteiger charge is 2.10. The van der Waals surface area contributed by atoms with Crippen LogP contribution in [0.15, 0.2) is 47.1 Å². The molecule has 0 aliphatic rings. The van der Waals surface area contributed by atoms with Crippen molar-refractivity contribution in [2.45, 2.75) is 25.8 Å². The summed E-state index contributed by atoms with van der Waals surface area (Å²) in [4.78, 5) is 0. The van der Waals surface area contributed by atoms with Crippen molar-refractivity contribution in [1.82, 2.24) is 5.32 Å². The molecule has 90 valence electrons. The Morgan fingerprint density at radius 2 is 2.06 bits per heavy atom. The van der Waals surface area contributed by atoms with Gasteiger partial charge in [0.05, 0.1) is 6.26 Å². The van der Waals surface area contributed by atoms with Crippen LogP contribution in [-0.4, -0.2) is 13.1 Å². The molecule has 2 rings (SSSR count). The Bertz CT molecular complexity index is 448. The van der Waals surface area contributed by atoms with Crippen molar-refractivity contribution in [2.24, 2.45) is 0 Å². The number of benzene rings is 1. The molecule has 1 aromatic heterocycles. The van der Waals surface area contributed by atoms with Gasteiger partial charge in [-0.3, -0.25) is 0 Å².